The van der Waals surface area contributed by atoms with Gasteiger partial charge in [-0.3, -0.25) is 14.4 Å². The average Bonchev–Trinajstić information content (AvgIpc) is 2.97. The fourth-order valence-electron chi connectivity index (χ4n) is 5.57. The summed E-state index contributed by atoms with van der Waals surface area (Å²) in [5.41, 5.74) is 1.93. The number of nitrogens with one attached hydrogen (secondary N) is 2. The maximum absolute atomic E-state index is 14.2. The van der Waals surface area contributed by atoms with Crippen LogP contribution in [0.1, 0.15) is 30.9 Å². The first-order valence-corrected chi connectivity index (χ1v) is 13.8. The molecule has 0 spiro atoms. The normalized spacial score (nSPS) is 18.7. The topological polar surface area (TPSA) is 81.8 Å². The Balaban J connectivity index is 1.65. The second kappa shape index (κ2) is 12.9. The molecule has 1 fully saturated rings. The van der Waals surface area contributed by atoms with Gasteiger partial charge in [0.2, 0.25) is 17.7 Å². The van der Waals surface area contributed by atoms with Gasteiger partial charge in [0.1, 0.15) is 12.1 Å². The Kier molecular flexibility index (Phi) is 9.36. The van der Waals surface area contributed by atoms with Crippen molar-refractivity contribution in [3.63, 3.8) is 0 Å². The van der Waals surface area contributed by atoms with E-state index in [2.05, 4.69) is 22.8 Å². The summed E-state index contributed by atoms with van der Waals surface area (Å²) < 4.78 is 0. The number of hydrogen-bond donors (Lipinski definition) is 2. The van der Waals surface area contributed by atoms with Crippen LogP contribution in [0.25, 0.3) is 10.8 Å². The molecule has 3 aromatic rings. The van der Waals surface area contributed by atoms with Crippen LogP contribution in [0.15, 0.2) is 72.8 Å². The Bertz CT molecular complexity index is 1290. The van der Waals surface area contributed by atoms with Gasteiger partial charge in [-0.1, -0.05) is 72.8 Å². The Morgan fingerprint density at radius 2 is 1.54 bits per heavy atom. The zero-order valence-electron chi connectivity index (χ0n) is 23.4. The van der Waals surface area contributed by atoms with Gasteiger partial charge in [-0.15, -0.1) is 0 Å². The van der Waals surface area contributed by atoms with E-state index < -0.39 is 12.1 Å². The van der Waals surface area contributed by atoms with Crippen LogP contribution >= 0.6 is 0 Å². The van der Waals surface area contributed by atoms with E-state index in [4.69, 9.17) is 0 Å². The van der Waals surface area contributed by atoms with Crippen LogP contribution in [-0.2, 0) is 27.2 Å². The summed E-state index contributed by atoms with van der Waals surface area (Å²) in [6.45, 7) is 2.92. The van der Waals surface area contributed by atoms with Gasteiger partial charge in [0.05, 0.1) is 5.92 Å². The van der Waals surface area contributed by atoms with Gasteiger partial charge in [-0.25, -0.2) is 0 Å². The number of benzene rings is 3. The van der Waals surface area contributed by atoms with Crippen molar-refractivity contribution in [1.82, 2.24) is 20.4 Å². The van der Waals surface area contributed by atoms with Crippen LogP contribution in [0.3, 0.4) is 0 Å². The number of fused-ring (bicyclic) bond motifs is 1. The molecule has 0 saturated carbocycles. The van der Waals surface area contributed by atoms with Crippen molar-refractivity contribution in [3.05, 3.63) is 83.9 Å². The predicted molar refractivity (Wildman–Crippen MR) is 155 cm³/mol. The summed E-state index contributed by atoms with van der Waals surface area (Å²) >= 11 is 0. The minimum Gasteiger partial charge on any atom is -0.357 e. The number of carbonyl (C=O) groups is 3. The maximum atomic E-state index is 14.2. The van der Waals surface area contributed by atoms with E-state index in [1.165, 1.54) is 4.90 Å². The van der Waals surface area contributed by atoms with Crippen LogP contribution in [0, 0.1) is 5.92 Å². The minimum atomic E-state index is -0.749. The molecule has 3 amide bonds. The number of piperidine rings is 1. The molecule has 0 aromatic heterocycles. The largest absolute Gasteiger partial charge is 0.357 e. The van der Waals surface area contributed by atoms with Crippen LogP contribution in [0.4, 0.5) is 0 Å². The standard InChI is InChI=1S/C32H40N4O3/c1-22-27(15-10-18-34-22)31(38)36(4)29(21-24-16-17-25-13-8-9-14-26(25)19-24)32(39)35(3)28(30(37)33-2)20-23-11-6-5-7-12-23/h5-9,11-14,16-17,19,22,27-29,34H,10,15,18,20-21H2,1-4H3,(H,33,37)/t22?,27-,28-,29-/m1/s1. The molecule has 7 heteroatoms. The van der Waals surface area contributed by atoms with E-state index in [1.807, 2.05) is 67.6 Å². The summed E-state index contributed by atoms with van der Waals surface area (Å²) in [6, 6.07) is 22.5. The van der Waals surface area contributed by atoms with Gasteiger partial charge in [-0.2, -0.15) is 0 Å². The highest BCUT2D eigenvalue weighted by Gasteiger charge is 2.38. The number of nitrogens with zero attached hydrogens (tertiary/aromatic N) is 2. The molecule has 4 atom stereocenters. The molecule has 1 saturated heterocycles. The highest BCUT2D eigenvalue weighted by atomic mass is 16.2. The fourth-order valence-corrected chi connectivity index (χ4v) is 5.57. The lowest BCUT2D eigenvalue weighted by Crippen LogP contribution is -2.57. The monoisotopic (exact) mass is 528 g/mol. The molecule has 3 aromatic carbocycles. The van der Waals surface area contributed by atoms with Crippen molar-refractivity contribution in [2.24, 2.45) is 5.92 Å². The molecule has 4 rings (SSSR count). The van der Waals surface area contributed by atoms with Crippen LogP contribution in [-0.4, -0.2) is 73.3 Å². The zero-order chi connectivity index (χ0) is 27.9. The highest BCUT2D eigenvalue weighted by molar-refractivity contribution is 5.93. The number of rotatable bonds is 9. The smallest absolute Gasteiger partial charge is 0.246 e. The molecule has 1 heterocycles. The van der Waals surface area contributed by atoms with Crippen LogP contribution in [0.5, 0.6) is 0 Å². The van der Waals surface area contributed by atoms with Gasteiger partial charge < -0.3 is 20.4 Å². The van der Waals surface area contributed by atoms with Crippen LogP contribution in [0.2, 0.25) is 0 Å². The average molecular weight is 529 g/mol. The molecular weight excluding hydrogens is 488 g/mol. The third-order valence-corrected chi connectivity index (χ3v) is 8.06. The number of carbonyl (C=O) groups excluding carboxylic acids is 3. The van der Waals surface area contributed by atoms with Gasteiger partial charge in [0.25, 0.3) is 0 Å². The molecule has 1 unspecified atom stereocenters. The lowest BCUT2D eigenvalue weighted by Gasteiger charge is -2.38. The van der Waals surface area contributed by atoms with Crippen molar-refractivity contribution >= 4 is 28.5 Å². The zero-order valence-corrected chi connectivity index (χ0v) is 23.4. The Hall–Kier alpha value is -3.71. The molecule has 39 heavy (non-hydrogen) atoms. The first kappa shape index (κ1) is 28.3. The van der Waals surface area contributed by atoms with Crippen molar-refractivity contribution in [2.45, 2.75) is 50.7 Å². The second-order valence-corrected chi connectivity index (χ2v) is 10.6. The third-order valence-electron chi connectivity index (χ3n) is 8.06. The molecule has 0 radical (unpaired) electrons. The number of hydrogen-bond acceptors (Lipinski definition) is 4. The molecule has 1 aliphatic heterocycles. The Morgan fingerprint density at radius 1 is 0.872 bits per heavy atom. The summed E-state index contributed by atoms with van der Waals surface area (Å²) in [6.07, 6.45) is 2.45. The third kappa shape index (κ3) is 6.66. The predicted octanol–water partition coefficient (Wildman–Crippen LogP) is 3.41. The number of amides is 3. The molecule has 2 N–H and O–H groups in total. The SMILES string of the molecule is CNC(=O)[C@@H](Cc1ccccc1)N(C)C(=O)[C@@H](Cc1ccc2ccccc2c1)N(C)C(=O)[C@@H]1CCCNC1C. The van der Waals surface area contributed by atoms with E-state index in [1.54, 1.807) is 26.0 Å². The quantitative estimate of drug-likeness (QED) is 0.446. The van der Waals surface area contributed by atoms with E-state index in [0.717, 1.165) is 41.3 Å². The molecule has 0 bridgehead atoms. The summed E-state index contributed by atoms with van der Waals surface area (Å²) in [7, 11) is 4.98. The van der Waals surface area contributed by atoms with Gasteiger partial charge in [-0.05, 0) is 48.2 Å². The Labute approximate surface area is 231 Å². The fraction of sp³-hybridized carbons (Fsp3) is 0.406. The molecule has 7 nitrogen and oxygen atoms in total. The second-order valence-electron chi connectivity index (χ2n) is 10.6. The van der Waals surface area contributed by atoms with Crippen molar-refractivity contribution in [1.29, 1.82) is 0 Å². The first-order valence-electron chi connectivity index (χ1n) is 13.8. The van der Waals surface area contributed by atoms with Crippen molar-refractivity contribution in [2.75, 3.05) is 27.7 Å². The molecule has 0 aliphatic carbocycles. The highest BCUT2D eigenvalue weighted by Crippen LogP contribution is 2.23. The van der Waals surface area contributed by atoms with Gasteiger partial charge in [0, 0.05) is 40.0 Å². The van der Waals surface area contributed by atoms with E-state index in [9.17, 15) is 14.4 Å². The first-order chi connectivity index (χ1) is 18.8. The maximum Gasteiger partial charge on any atom is 0.246 e. The van der Waals surface area contributed by atoms with Gasteiger partial charge >= 0.3 is 0 Å². The summed E-state index contributed by atoms with van der Waals surface area (Å²) in [5, 5.41) is 8.32. The van der Waals surface area contributed by atoms with E-state index in [-0.39, 0.29) is 29.7 Å². The van der Waals surface area contributed by atoms with Crippen molar-refractivity contribution < 1.29 is 14.4 Å². The van der Waals surface area contributed by atoms with E-state index in [0.29, 0.717) is 12.8 Å². The summed E-state index contributed by atoms with van der Waals surface area (Å²) in [5.74, 6) is -0.722. The molecule has 1 aliphatic rings. The lowest BCUT2D eigenvalue weighted by atomic mass is 9.89. The molecular formula is C32H40N4O3. The van der Waals surface area contributed by atoms with Crippen molar-refractivity contribution in [3.8, 4) is 0 Å². The minimum absolute atomic E-state index is 0.0400. The lowest BCUT2D eigenvalue weighted by molar-refractivity contribution is -0.149. The van der Waals surface area contributed by atoms with Crippen LogP contribution < -0.4 is 10.6 Å². The molecule has 206 valence electrons. The van der Waals surface area contributed by atoms with Gasteiger partial charge in [0.15, 0.2) is 0 Å². The Morgan fingerprint density at radius 3 is 2.23 bits per heavy atom. The summed E-state index contributed by atoms with van der Waals surface area (Å²) in [4.78, 5) is 44.1. The number of likely N-dealkylation sites (N-methyl/N-ethyl adjacent to an activating group) is 3. The van der Waals surface area contributed by atoms with E-state index >= 15 is 0 Å².